The lowest BCUT2D eigenvalue weighted by Crippen LogP contribution is -2.51. The Kier molecular flexibility index (Phi) is 17.7. The first-order valence-electron chi connectivity index (χ1n) is 22.5. The summed E-state index contributed by atoms with van der Waals surface area (Å²) in [4.78, 5) is 64.4. The highest BCUT2D eigenvalue weighted by atomic mass is 35.5. The summed E-state index contributed by atoms with van der Waals surface area (Å²) in [6.45, 7) is 7.41. The van der Waals surface area contributed by atoms with E-state index >= 15 is 0 Å². The van der Waals surface area contributed by atoms with Crippen LogP contribution in [-0.4, -0.2) is 118 Å². The Morgan fingerprint density at radius 2 is 1.58 bits per heavy atom. The molecule has 2 aliphatic heterocycles. The summed E-state index contributed by atoms with van der Waals surface area (Å²) in [6.07, 6.45) is 5.30. The molecular formula is C51H60ClFN8O5. The van der Waals surface area contributed by atoms with Gasteiger partial charge >= 0.3 is 0 Å². The highest BCUT2D eigenvalue weighted by Gasteiger charge is 2.36. The molecule has 66 heavy (non-hydrogen) atoms. The van der Waals surface area contributed by atoms with Crippen LogP contribution in [0.1, 0.15) is 43.2 Å². The number of aromatic nitrogens is 3. The van der Waals surface area contributed by atoms with Gasteiger partial charge in [-0.25, -0.2) is 14.4 Å². The number of piperazine rings is 1. The summed E-state index contributed by atoms with van der Waals surface area (Å²) < 4.78 is 15.0. The molecule has 4 aromatic carbocycles. The average molecular weight is 920 g/mol. The number of piperidine rings is 1. The first kappa shape index (κ1) is 49.5. The van der Waals surface area contributed by atoms with Crippen molar-refractivity contribution in [3.05, 3.63) is 136 Å². The van der Waals surface area contributed by atoms with Crippen molar-refractivity contribution in [2.24, 2.45) is 11.7 Å². The number of amides is 2. The number of anilines is 1. The van der Waals surface area contributed by atoms with Crippen LogP contribution in [0.25, 0.3) is 33.1 Å². The summed E-state index contributed by atoms with van der Waals surface area (Å²) in [7, 11) is 3.60. The highest BCUT2D eigenvalue weighted by molar-refractivity contribution is 6.35. The van der Waals surface area contributed by atoms with Gasteiger partial charge in [0.25, 0.3) is 5.56 Å². The van der Waals surface area contributed by atoms with Gasteiger partial charge in [0.05, 0.1) is 45.6 Å². The molecule has 2 aliphatic rings. The van der Waals surface area contributed by atoms with E-state index < -0.39 is 5.60 Å². The number of nitrogens with two attached hydrogens (primary N) is 1. The quantitative estimate of drug-likeness (QED) is 0.108. The van der Waals surface area contributed by atoms with Crippen LogP contribution in [-0.2, 0) is 33.8 Å². The number of benzene rings is 4. The van der Waals surface area contributed by atoms with Gasteiger partial charge in [0.15, 0.2) is 0 Å². The number of hydrogen-bond donors (Lipinski definition) is 3. The van der Waals surface area contributed by atoms with E-state index in [1.165, 1.54) is 30.1 Å². The number of likely N-dealkylation sites (tertiary alicyclic amines) is 1. The molecule has 0 saturated carbocycles. The van der Waals surface area contributed by atoms with Crippen molar-refractivity contribution in [2.75, 3.05) is 65.2 Å². The fourth-order valence-corrected chi connectivity index (χ4v) is 8.96. The molecule has 2 saturated heterocycles. The molecule has 0 aliphatic carbocycles. The number of aryl methyl sites for hydroxylation is 1. The van der Waals surface area contributed by atoms with Crippen molar-refractivity contribution in [3.8, 4) is 11.3 Å². The van der Waals surface area contributed by atoms with Gasteiger partial charge in [0.1, 0.15) is 12.6 Å². The zero-order chi connectivity index (χ0) is 47.2. The first-order valence-corrected chi connectivity index (χ1v) is 22.8. The van der Waals surface area contributed by atoms with Crippen LogP contribution in [0, 0.1) is 11.7 Å². The van der Waals surface area contributed by atoms with E-state index in [0.717, 1.165) is 66.6 Å². The summed E-state index contributed by atoms with van der Waals surface area (Å²) in [6, 6.07) is 29.2. The lowest BCUT2D eigenvalue weighted by molar-refractivity contribution is -0.140. The molecule has 0 radical (unpaired) electrons. The van der Waals surface area contributed by atoms with Crippen molar-refractivity contribution in [3.63, 3.8) is 0 Å². The molecular weight excluding hydrogens is 859 g/mol. The maximum absolute atomic E-state index is 14.2. The van der Waals surface area contributed by atoms with Gasteiger partial charge in [-0.1, -0.05) is 54.1 Å². The molecule has 13 nitrogen and oxygen atoms in total. The van der Waals surface area contributed by atoms with Crippen LogP contribution < -0.4 is 16.6 Å². The molecule has 1 atom stereocenters. The first-order chi connectivity index (χ1) is 32.0. The van der Waals surface area contributed by atoms with Gasteiger partial charge in [-0.2, -0.15) is 0 Å². The minimum absolute atomic E-state index is 0.0618. The highest BCUT2D eigenvalue weighted by Crippen LogP contribution is 2.31. The predicted molar refractivity (Wildman–Crippen MR) is 260 cm³/mol. The van der Waals surface area contributed by atoms with E-state index in [1.807, 2.05) is 42.0 Å². The number of aliphatic hydroxyl groups is 1. The Balaban J connectivity index is 0.00000175. The Morgan fingerprint density at radius 1 is 0.879 bits per heavy atom. The number of hydrogen-bond acceptors (Lipinski definition) is 10. The van der Waals surface area contributed by atoms with Gasteiger partial charge in [-0.15, -0.1) is 0 Å². The van der Waals surface area contributed by atoms with Crippen LogP contribution in [0.4, 0.5) is 10.1 Å². The number of rotatable bonds is 14. The van der Waals surface area contributed by atoms with E-state index in [2.05, 4.69) is 51.1 Å². The average Bonchev–Trinajstić information content (AvgIpc) is 3.33. The maximum atomic E-state index is 14.2. The van der Waals surface area contributed by atoms with E-state index in [4.69, 9.17) is 21.4 Å². The number of halogens is 2. The number of pyridine rings is 1. The Hall–Kier alpha value is -5.90. The van der Waals surface area contributed by atoms with Crippen LogP contribution >= 0.6 is 11.6 Å². The predicted octanol–water partition coefficient (Wildman–Crippen LogP) is 6.61. The fourth-order valence-electron chi connectivity index (χ4n) is 8.70. The van der Waals surface area contributed by atoms with Crippen LogP contribution in [0.5, 0.6) is 0 Å². The monoisotopic (exact) mass is 918 g/mol. The van der Waals surface area contributed by atoms with E-state index in [1.54, 1.807) is 36.4 Å². The Labute approximate surface area is 390 Å². The molecule has 15 heteroatoms. The number of likely N-dealkylation sites (N-methyl/N-ethyl adjacent to an activating group) is 1. The van der Waals surface area contributed by atoms with Gasteiger partial charge in [0, 0.05) is 74.8 Å². The second-order valence-electron chi connectivity index (χ2n) is 17.0. The summed E-state index contributed by atoms with van der Waals surface area (Å²) in [5.74, 6) is -0.576. The lowest BCUT2D eigenvalue weighted by atomic mass is 9.88. The molecule has 4 N–H and O–H groups in total. The number of carbonyl (C=O) groups excluding carboxylic acids is 3. The number of nitrogens with one attached hydrogen (secondary N) is 1. The lowest BCUT2D eigenvalue weighted by Gasteiger charge is -2.39. The van der Waals surface area contributed by atoms with E-state index in [0.29, 0.717) is 79.0 Å². The van der Waals surface area contributed by atoms with Crippen LogP contribution in [0.2, 0.25) is 5.02 Å². The maximum Gasteiger partial charge on any atom is 0.261 e. The van der Waals surface area contributed by atoms with Gasteiger partial charge < -0.3 is 35.7 Å². The third-order valence-corrected chi connectivity index (χ3v) is 12.8. The van der Waals surface area contributed by atoms with Gasteiger partial charge in [-0.05, 0) is 118 Å². The summed E-state index contributed by atoms with van der Waals surface area (Å²) in [5, 5.41) is 16.5. The van der Waals surface area contributed by atoms with Crippen molar-refractivity contribution < 1.29 is 23.9 Å². The summed E-state index contributed by atoms with van der Waals surface area (Å²) >= 11 is 6.66. The molecule has 0 bridgehead atoms. The fraction of sp³-hybridized carbons (Fsp3) is 0.373. The Morgan fingerprint density at radius 3 is 2.29 bits per heavy atom. The molecule has 2 fully saturated rings. The zero-order valence-corrected chi connectivity index (χ0v) is 38.6. The second-order valence-corrected chi connectivity index (χ2v) is 17.4. The number of nitrogens with zero attached hydrogens (tertiary/aromatic N) is 6. The molecule has 2 aromatic heterocycles. The van der Waals surface area contributed by atoms with E-state index in [-0.39, 0.29) is 35.7 Å². The standard InChI is InChI=1S/C49H53ClFN7O4.CH5N.CH2O/c1-55-24-26-56(27-25-55)21-18-46(59)53-39-15-17-41-44(30-39)52-33-58(48(41)61)32-49(62)19-22-57(23-20-49)47(60)37(28-34-6-3-2-4-7-34)9-5-8-35-10-16-40-42(50)31-43(54-45(40)29-35)36-11-13-38(51)14-12-36;2*1-2/h2-4,6-7,10-17,29-31,33,37,62H,5,8-9,18-28,32H2,1H3,(H,53,59);2H2,1H3;1H2. The third-order valence-electron chi connectivity index (χ3n) is 12.5. The molecule has 0 spiro atoms. The number of fused-ring (bicyclic) bond motifs is 2. The molecule has 348 valence electrons. The SMILES string of the molecule is C=O.CN.CN1CCN(CCC(=O)Nc2ccc3c(=O)n(CC4(O)CCN(C(=O)C(CCCc5ccc6c(Cl)cc(-c7ccc(F)cc7)nc6c5)Cc5ccccc5)CC4)cnc3c2)CC1. The smallest absolute Gasteiger partial charge is 0.261 e. The zero-order valence-electron chi connectivity index (χ0n) is 37.8. The minimum Gasteiger partial charge on any atom is -0.388 e. The van der Waals surface area contributed by atoms with Gasteiger partial charge in [-0.3, -0.25) is 19.0 Å². The Bertz CT molecular complexity index is 2620. The summed E-state index contributed by atoms with van der Waals surface area (Å²) in [5.41, 5.74) is 8.49. The third kappa shape index (κ3) is 12.9. The van der Waals surface area contributed by atoms with Crippen molar-refractivity contribution in [2.45, 2.75) is 57.1 Å². The molecule has 6 aromatic rings. The van der Waals surface area contributed by atoms with E-state index in [9.17, 15) is 23.9 Å². The van der Waals surface area contributed by atoms with Crippen molar-refractivity contribution >= 4 is 57.7 Å². The topological polar surface area (TPSA) is 167 Å². The van der Waals surface area contributed by atoms with Crippen LogP contribution in [0.3, 0.4) is 0 Å². The van der Waals surface area contributed by atoms with Crippen molar-refractivity contribution in [1.82, 2.24) is 29.2 Å². The minimum atomic E-state index is -1.19. The van der Waals surface area contributed by atoms with Gasteiger partial charge in [0.2, 0.25) is 11.8 Å². The van der Waals surface area contributed by atoms with Crippen molar-refractivity contribution in [1.29, 1.82) is 0 Å². The second kappa shape index (κ2) is 23.5. The molecule has 4 heterocycles. The molecule has 8 rings (SSSR count). The number of carbonyl (C=O) groups is 3. The van der Waals surface area contributed by atoms with Crippen LogP contribution in [0.15, 0.2) is 108 Å². The normalized spacial score (nSPS) is 15.6. The molecule has 1 unspecified atom stereocenters. The largest absolute Gasteiger partial charge is 0.388 e. The molecule has 2 amide bonds.